The molecule has 1 N–H and O–H groups in total. The Morgan fingerprint density at radius 3 is 2.76 bits per heavy atom. The second-order valence-electron chi connectivity index (χ2n) is 8.37. The lowest BCUT2D eigenvalue weighted by atomic mass is 9.89. The van der Waals surface area contributed by atoms with Crippen LogP contribution in [0.3, 0.4) is 0 Å². The third-order valence-electron chi connectivity index (χ3n) is 5.85. The molecule has 8 heteroatoms. The highest BCUT2D eigenvalue weighted by atomic mass is 35.5. The molecule has 2 aliphatic heterocycles. The smallest absolute Gasteiger partial charge is 0.273 e. The molecule has 0 spiro atoms. The van der Waals surface area contributed by atoms with E-state index in [1.807, 2.05) is 24.8 Å². The number of H-pyrrole nitrogens is 1. The second kappa shape index (κ2) is 7.78. The molecule has 2 aliphatic rings. The van der Waals surface area contributed by atoms with Crippen LogP contribution in [-0.2, 0) is 4.79 Å². The number of benzene rings is 1. The second-order valence-corrected chi connectivity index (χ2v) is 8.78. The molecule has 6 nitrogen and oxygen atoms in total. The average Bonchev–Trinajstić information content (AvgIpc) is 3.34. The number of aromatic amines is 1. The number of hydrogen-bond acceptors (Lipinski definition) is 3. The Hall–Kier alpha value is -2.41. The molecule has 2 saturated heterocycles. The lowest BCUT2D eigenvalue weighted by molar-refractivity contribution is -0.133. The van der Waals surface area contributed by atoms with Crippen molar-refractivity contribution >= 4 is 23.4 Å². The minimum atomic E-state index is -0.322. The maximum atomic E-state index is 13.9. The molecular weight excluding hydrogens is 395 g/mol. The van der Waals surface area contributed by atoms with E-state index in [4.69, 9.17) is 11.6 Å². The molecule has 1 aromatic carbocycles. The van der Waals surface area contributed by atoms with Gasteiger partial charge in [-0.2, -0.15) is 5.10 Å². The average molecular weight is 419 g/mol. The zero-order valence-corrected chi connectivity index (χ0v) is 17.2. The Labute approximate surface area is 174 Å². The quantitative estimate of drug-likeness (QED) is 0.825. The Morgan fingerprint density at radius 2 is 2.10 bits per heavy atom. The molecule has 3 heterocycles. The number of carbonyl (C=O) groups excluding carboxylic acids is 2. The van der Waals surface area contributed by atoms with Gasteiger partial charge in [0.15, 0.2) is 0 Å². The van der Waals surface area contributed by atoms with E-state index in [9.17, 15) is 14.0 Å². The molecule has 154 valence electrons. The largest absolute Gasteiger partial charge is 0.337 e. The number of likely N-dealkylation sites (tertiary alicyclic amines) is 2. The SMILES string of the molecule is CC(C)CC(=O)N1C[C@@H]2CN(C(=O)c3[nH]ncc3Cl)C[C@@H]2[C@H]1c1cccc(F)c1. The number of halogens is 2. The lowest BCUT2D eigenvalue weighted by Crippen LogP contribution is -2.38. The van der Waals surface area contributed by atoms with Crippen LogP contribution in [-0.4, -0.2) is 51.4 Å². The van der Waals surface area contributed by atoms with E-state index in [1.54, 1.807) is 11.0 Å². The highest BCUT2D eigenvalue weighted by Crippen LogP contribution is 2.45. The summed E-state index contributed by atoms with van der Waals surface area (Å²) >= 11 is 6.05. The first-order valence-corrected chi connectivity index (χ1v) is 10.3. The van der Waals surface area contributed by atoms with E-state index in [1.165, 1.54) is 18.3 Å². The topological polar surface area (TPSA) is 69.3 Å². The van der Waals surface area contributed by atoms with Crippen LogP contribution in [0, 0.1) is 23.6 Å². The molecule has 2 aromatic rings. The Kier molecular flexibility index (Phi) is 5.34. The fraction of sp³-hybridized carbons (Fsp3) is 0.476. The number of aromatic nitrogens is 2. The highest BCUT2D eigenvalue weighted by molar-refractivity contribution is 6.33. The number of carbonyl (C=O) groups is 2. The third kappa shape index (κ3) is 3.75. The maximum Gasteiger partial charge on any atom is 0.273 e. The van der Waals surface area contributed by atoms with Gasteiger partial charge >= 0.3 is 0 Å². The van der Waals surface area contributed by atoms with E-state index >= 15 is 0 Å². The van der Waals surface area contributed by atoms with Crippen molar-refractivity contribution in [2.75, 3.05) is 19.6 Å². The van der Waals surface area contributed by atoms with Crippen LogP contribution in [0.15, 0.2) is 30.5 Å². The summed E-state index contributed by atoms with van der Waals surface area (Å²) < 4.78 is 13.9. The number of hydrogen-bond donors (Lipinski definition) is 1. The molecule has 29 heavy (non-hydrogen) atoms. The zero-order valence-electron chi connectivity index (χ0n) is 16.4. The van der Waals surface area contributed by atoms with Crippen LogP contribution in [0.2, 0.25) is 5.02 Å². The number of amides is 2. The van der Waals surface area contributed by atoms with E-state index in [2.05, 4.69) is 10.2 Å². The molecule has 0 saturated carbocycles. The van der Waals surface area contributed by atoms with Crippen LogP contribution < -0.4 is 0 Å². The van der Waals surface area contributed by atoms with Crippen molar-refractivity contribution in [2.45, 2.75) is 26.3 Å². The predicted molar refractivity (Wildman–Crippen MR) is 107 cm³/mol. The van der Waals surface area contributed by atoms with Gasteiger partial charge in [0.25, 0.3) is 5.91 Å². The van der Waals surface area contributed by atoms with Gasteiger partial charge in [0.05, 0.1) is 17.3 Å². The fourth-order valence-electron chi connectivity index (χ4n) is 4.63. The number of rotatable bonds is 4. The zero-order chi connectivity index (χ0) is 20.7. The fourth-order valence-corrected chi connectivity index (χ4v) is 4.80. The molecule has 0 aliphatic carbocycles. The van der Waals surface area contributed by atoms with Gasteiger partial charge in [-0.25, -0.2) is 4.39 Å². The first-order chi connectivity index (χ1) is 13.8. The van der Waals surface area contributed by atoms with Crippen LogP contribution in [0.25, 0.3) is 0 Å². The molecular formula is C21H24ClFN4O2. The van der Waals surface area contributed by atoms with Crippen molar-refractivity contribution in [3.63, 3.8) is 0 Å². The lowest BCUT2D eigenvalue weighted by Gasteiger charge is -2.30. The molecule has 3 atom stereocenters. The minimum Gasteiger partial charge on any atom is -0.337 e. The maximum absolute atomic E-state index is 13.9. The summed E-state index contributed by atoms with van der Waals surface area (Å²) in [5.74, 6) is 0.00996. The van der Waals surface area contributed by atoms with Gasteiger partial charge in [-0.15, -0.1) is 0 Å². The van der Waals surface area contributed by atoms with Crippen molar-refractivity contribution in [3.8, 4) is 0 Å². The summed E-state index contributed by atoms with van der Waals surface area (Å²) in [5, 5.41) is 6.78. The van der Waals surface area contributed by atoms with Crippen LogP contribution in [0.1, 0.15) is 42.4 Å². The van der Waals surface area contributed by atoms with Gasteiger partial charge in [0, 0.05) is 37.9 Å². The van der Waals surface area contributed by atoms with Gasteiger partial charge in [0.1, 0.15) is 11.5 Å². The van der Waals surface area contributed by atoms with Gasteiger partial charge < -0.3 is 9.80 Å². The van der Waals surface area contributed by atoms with Crippen molar-refractivity contribution in [3.05, 3.63) is 52.6 Å². The summed E-state index contributed by atoms with van der Waals surface area (Å²) in [6.07, 6.45) is 1.87. The number of nitrogens with one attached hydrogen (secondary N) is 1. The summed E-state index contributed by atoms with van der Waals surface area (Å²) in [4.78, 5) is 29.4. The van der Waals surface area contributed by atoms with Crippen molar-refractivity contribution < 1.29 is 14.0 Å². The van der Waals surface area contributed by atoms with Gasteiger partial charge in [-0.05, 0) is 23.6 Å². The number of nitrogens with zero attached hydrogens (tertiary/aromatic N) is 3. The third-order valence-corrected chi connectivity index (χ3v) is 6.14. The van der Waals surface area contributed by atoms with E-state index in [0.29, 0.717) is 31.1 Å². The van der Waals surface area contributed by atoms with Gasteiger partial charge in [-0.3, -0.25) is 14.7 Å². The summed E-state index contributed by atoms with van der Waals surface area (Å²) in [6.45, 7) is 5.63. The Morgan fingerprint density at radius 1 is 1.31 bits per heavy atom. The van der Waals surface area contributed by atoms with Gasteiger partial charge in [-0.1, -0.05) is 37.6 Å². The molecule has 2 amide bonds. The Bertz CT molecular complexity index is 931. The molecule has 0 radical (unpaired) electrons. The summed E-state index contributed by atoms with van der Waals surface area (Å²) in [5.41, 5.74) is 1.06. The highest BCUT2D eigenvalue weighted by Gasteiger charge is 2.50. The molecule has 1 aromatic heterocycles. The summed E-state index contributed by atoms with van der Waals surface area (Å²) in [6, 6.07) is 6.20. The standard InChI is InChI=1S/C21H24ClFN4O2/c1-12(2)6-18(28)27-10-14-9-26(21(29)19-17(22)8-24-25-19)11-16(14)20(27)13-4-3-5-15(23)7-13/h3-5,7-8,12,14,16,20H,6,9-11H2,1-2H3,(H,24,25)/t14-,16-,20+/m0/s1. The van der Waals surface area contributed by atoms with Crippen molar-refractivity contribution in [2.24, 2.45) is 17.8 Å². The normalized spacial score (nSPS) is 23.7. The van der Waals surface area contributed by atoms with Crippen molar-refractivity contribution in [1.29, 1.82) is 0 Å². The van der Waals surface area contributed by atoms with Crippen LogP contribution >= 0.6 is 11.6 Å². The minimum absolute atomic E-state index is 0.0542. The van der Waals surface area contributed by atoms with Crippen LogP contribution in [0.4, 0.5) is 4.39 Å². The molecule has 2 fully saturated rings. The van der Waals surface area contributed by atoms with Gasteiger partial charge in [0.2, 0.25) is 5.91 Å². The molecule has 0 bridgehead atoms. The molecule has 0 unspecified atom stereocenters. The van der Waals surface area contributed by atoms with Crippen LogP contribution in [0.5, 0.6) is 0 Å². The van der Waals surface area contributed by atoms with Crippen molar-refractivity contribution in [1.82, 2.24) is 20.0 Å². The molecule has 4 rings (SSSR count). The summed E-state index contributed by atoms with van der Waals surface area (Å²) in [7, 11) is 0. The first-order valence-electron chi connectivity index (χ1n) is 9.88. The van der Waals surface area contributed by atoms with E-state index in [-0.39, 0.29) is 47.1 Å². The Balaban J connectivity index is 1.61. The predicted octanol–water partition coefficient (Wildman–Crippen LogP) is 3.52. The number of fused-ring (bicyclic) bond motifs is 1. The monoisotopic (exact) mass is 418 g/mol. The first kappa shape index (κ1) is 19.9. The van der Waals surface area contributed by atoms with E-state index in [0.717, 1.165) is 5.56 Å². The van der Waals surface area contributed by atoms with E-state index < -0.39 is 0 Å².